The minimum Gasteiger partial charge on any atom is -0.384 e. The van der Waals surface area contributed by atoms with Crippen LogP contribution in [0.5, 0.6) is 0 Å². The van der Waals surface area contributed by atoms with Crippen LogP contribution in [-0.2, 0) is 0 Å². The first-order chi connectivity index (χ1) is 6.25. The molecule has 2 aromatic heterocycles. The van der Waals surface area contributed by atoms with Crippen LogP contribution in [0, 0.1) is 0 Å². The molecule has 0 unspecified atom stereocenters. The molecule has 2 N–H and O–H groups in total. The van der Waals surface area contributed by atoms with Gasteiger partial charge in [0.15, 0.2) is 0 Å². The van der Waals surface area contributed by atoms with Gasteiger partial charge in [-0.25, -0.2) is 4.98 Å². The molecule has 2 aromatic rings. The Morgan fingerprint density at radius 1 is 1.31 bits per heavy atom. The van der Waals surface area contributed by atoms with Crippen molar-refractivity contribution in [2.75, 3.05) is 5.73 Å². The maximum absolute atomic E-state index is 5.58. The van der Waals surface area contributed by atoms with Gasteiger partial charge < -0.3 is 5.73 Å². The molecule has 0 atom stereocenters. The first-order valence-electron chi connectivity index (χ1n) is 3.73. The quantitative estimate of drug-likeness (QED) is 0.850. The van der Waals surface area contributed by atoms with E-state index in [1.54, 1.807) is 17.5 Å². The van der Waals surface area contributed by atoms with Gasteiger partial charge in [-0.1, -0.05) is 0 Å². The monoisotopic (exact) mass is 254 g/mol. The summed E-state index contributed by atoms with van der Waals surface area (Å²) >= 11 is 5.10. The second-order valence-corrected chi connectivity index (χ2v) is 5.04. The molecule has 0 aromatic carbocycles. The van der Waals surface area contributed by atoms with Crippen molar-refractivity contribution < 1.29 is 0 Å². The number of nitrogens with zero attached hydrogens (tertiary/aromatic N) is 1. The largest absolute Gasteiger partial charge is 0.384 e. The van der Waals surface area contributed by atoms with E-state index in [1.165, 1.54) is 4.88 Å². The van der Waals surface area contributed by atoms with Crippen molar-refractivity contribution in [2.24, 2.45) is 0 Å². The number of anilines is 1. The summed E-state index contributed by atoms with van der Waals surface area (Å²) in [6, 6.07) is 7.91. The van der Waals surface area contributed by atoms with E-state index < -0.39 is 0 Å². The second-order valence-electron chi connectivity index (χ2n) is 2.57. The van der Waals surface area contributed by atoms with E-state index in [1.807, 2.05) is 18.2 Å². The number of hydrogen-bond donors (Lipinski definition) is 1. The van der Waals surface area contributed by atoms with Gasteiger partial charge in [-0.15, -0.1) is 11.3 Å². The molecule has 0 bridgehead atoms. The van der Waals surface area contributed by atoms with E-state index in [-0.39, 0.29) is 0 Å². The Morgan fingerprint density at radius 2 is 2.15 bits per heavy atom. The molecule has 13 heavy (non-hydrogen) atoms. The topological polar surface area (TPSA) is 38.9 Å². The van der Waals surface area contributed by atoms with Gasteiger partial charge in [0.25, 0.3) is 0 Å². The molecule has 4 heteroatoms. The third kappa shape index (κ3) is 1.89. The minimum absolute atomic E-state index is 0.557. The Bertz CT molecular complexity index is 425. The Hall–Kier alpha value is -0.870. The average molecular weight is 255 g/mol. The first-order valence-corrected chi connectivity index (χ1v) is 5.34. The highest BCUT2D eigenvalue weighted by Gasteiger charge is 2.01. The van der Waals surface area contributed by atoms with Crippen molar-refractivity contribution in [1.82, 2.24) is 4.98 Å². The fraction of sp³-hybridized carbons (Fsp3) is 0. The van der Waals surface area contributed by atoms with Crippen molar-refractivity contribution in [3.8, 4) is 10.4 Å². The van der Waals surface area contributed by atoms with E-state index in [4.69, 9.17) is 5.73 Å². The number of pyridine rings is 1. The summed E-state index contributed by atoms with van der Waals surface area (Å²) in [5, 5.41) is 0. The van der Waals surface area contributed by atoms with E-state index in [0.717, 1.165) is 9.35 Å². The molecule has 2 heterocycles. The van der Waals surface area contributed by atoms with Crippen molar-refractivity contribution in [1.29, 1.82) is 0 Å². The van der Waals surface area contributed by atoms with Crippen LogP contribution < -0.4 is 5.73 Å². The zero-order chi connectivity index (χ0) is 9.26. The summed E-state index contributed by atoms with van der Waals surface area (Å²) < 4.78 is 1.12. The molecule has 0 radical (unpaired) electrons. The highest BCUT2D eigenvalue weighted by atomic mass is 79.9. The highest BCUT2D eigenvalue weighted by molar-refractivity contribution is 9.11. The molecule has 0 saturated carbocycles. The number of halogens is 1. The number of rotatable bonds is 1. The van der Waals surface area contributed by atoms with Gasteiger partial charge in [0.1, 0.15) is 5.82 Å². The molecule has 66 valence electrons. The Morgan fingerprint density at radius 3 is 2.77 bits per heavy atom. The van der Waals surface area contributed by atoms with Crippen molar-refractivity contribution in [2.45, 2.75) is 0 Å². The molecule has 0 spiro atoms. The van der Waals surface area contributed by atoms with E-state index in [2.05, 4.69) is 27.0 Å². The van der Waals surface area contributed by atoms with Crippen molar-refractivity contribution >= 4 is 33.1 Å². The van der Waals surface area contributed by atoms with Gasteiger partial charge in [-0.2, -0.15) is 0 Å². The van der Waals surface area contributed by atoms with Gasteiger partial charge in [-0.3, -0.25) is 0 Å². The molecule has 0 aliphatic carbocycles. The lowest BCUT2D eigenvalue weighted by molar-refractivity contribution is 1.34. The fourth-order valence-electron chi connectivity index (χ4n) is 1.07. The molecule has 0 aliphatic heterocycles. The van der Waals surface area contributed by atoms with Gasteiger partial charge in [0.05, 0.1) is 3.79 Å². The molecular weight excluding hydrogens is 248 g/mol. The van der Waals surface area contributed by atoms with Gasteiger partial charge >= 0.3 is 0 Å². The van der Waals surface area contributed by atoms with Crippen LogP contribution in [0.4, 0.5) is 5.82 Å². The number of nitrogens with two attached hydrogens (primary N) is 1. The van der Waals surface area contributed by atoms with Crippen LogP contribution in [0.2, 0.25) is 0 Å². The molecule has 2 rings (SSSR count). The lowest BCUT2D eigenvalue weighted by Crippen LogP contribution is -1.88. The third-order valence-electron chi connectivity index (χ3n) is 1.64. The predicted molar refractivity (Wildman–Crippen MR) is 59.7 cm³/mol. The smallest absolute Gasteiger partial charge is 0.123 e. The number of aromatic nitrogens is 1. The minimum atomic E-state index is 0.557. The van der Waals surface area contributed by atoms with Crippen molar-refractivity contribution in [3.05, 3.63) is 34.2 Å². The molecule has 0 aliphatic rings. The average Bonchev–Trinajstić information content (AvgIpc) is 2.52. The summed E-state index contributed by atoms with van der Waals surface area (Å²) in [5.74, 6) is 0.557. The zero-order valence-electron chi connectivity index (χ0n) is 6.70. The molecule has 0 fully saturated rings. The Labute approximate surface area is 88.6 Å². The normalized spacial score (nSPS) is 10.2. The van der Waals surface area contributed by atoms with Crippen LogP contribution in [0.25, 0.3) is 10.4 Å². The van der Waals surface area contributed by atoms with Gasteiger partial charge in [-0.05, 0) is 45.8 Å². The van der Waals surface area contributed by atoms with E-state index >= 15 is 0 Å². The van der Waals surface area contributed by atoms with Gasteiger partial charge in [0.2, 0.25) is 0 Å². The Balaban J connectivity index is 2.46. The van der Waals surface area contributed by atoms with Crippen LogP contribution in [-0.4, -0.2) is 4.98 Å². The zero-order valence-corrected chi connectivity index (χ0v) is 9.10. The molecule has 2 nitrogen and oxygen atoms in total. The Kier molecular flexibility index (Phi) is 2.33. The van der Waals surface area contributed by atoms with Crippen LogP contribution in [0.3, 0.4) is 0 Å². The maximum atomic E-state index is 5.58. The maximum Gasteiger partial charge on any atom is 0.123 e. The lowest BCUT2D eigenvalue weighted by Gasteiger charge is -1.96. The van der Waals surface area contributed by atoms with Crippen LogP contribution in [0.15, 0.2) is 34.2 Å². The third-order valence-corrected chi connectivity index (χ3v) is 3.31. The van der Waals surface area contributed by atoms with Crippen LogP contribution in [0.1, 0.15) is 0 Å². The first kappa shape index (κ1) is 8.72. The highest BCUT2D eigenvalue weighted by Crippen LogP contribution is 2.31. The standard InChI is InChI=1S/C9H7BrN2S/c10-8-2-1-7(13-8)6-3-4-12-9(11)5-6/h1-5H,(H2,11,12). The summed E-state index contributed by atoms with van der Waals surface area (Å²) in [5.41, 5.74) is 6.70. The van der Waals surface area contributed by atoms with Crippen LogP contribution >= 0.6 is 27.3 Å². The number of hydrogen-bond acceptors (Lipinski definition) is 3. The SMILES string of the molecule is Nc1cc(-c2ccc(Br)s2)ccn1. The van der Waals surface area contributed by atoms with Gasteiger partial charge in [0, 0.05) is 11.1 Å². The summed E-state index contributed by atoms with van der Waals surface area (Å²) in [4.78, 5) is 5.14. The number of thiophene rings is 1. The summed E-state index contributed by atoms with van der Waals surface area (Å²) in [7, 11) is 0. The lowest BCUT2D eigenvalue weighted by atomic mass is 10.2. The summed E-state index contributed by atoms with van der Waals surface area (Å²) in [6.45, 7) is 0. The van der Waals surface area contributed by atoms with E-state index in [9.17, 15) is 0 Å². The predicted octanol–water partition coefficient (Wildman–Crippen LogP) is 3.15. The fourth-order valence-corrected chi connectivity index (χ4v) is 2.45. The summed E-state index contributed by atoms with van der Waals surface area (Å²) in [6.07, 6.45) is 1.72. The molecule has 0 amide bonds. The van der Waals surface area contributed by atoms with Crippen molar-refractivity contribution in [3.63, 3.8) is 0 Å². The second kappa shape index (κ2) is 3.47. The molecular formula is C9H7BrN2S. The number of nitrogen functional groups attached to an aromatic ring is 1. The molecule has 0 saturated heterocycles. The van der Waals surface area contributed by atoms with E-state index in [0.29, 0.717) is 5.82 Å².